The van der Waals surface area contributed by atoms with E-state index in [4.69, 9.17) is 14.2 Å². The highest BCUT2D eigenvalue weighted by atomic mass is 79.9. The lowest BCUT2D eigenvalue weighted by molar-refractivity contribution is 0.0980. The average Bonchev–Trinajstić information content (AvgIpc) is 2.50. The minimum Gasteiger partial charge on any atom is -0.491 e. The molecular weight excluding hydrogens is 334 g/mol. The van der Waals surface area contributed by atoms with Gasteiger partial charge in [-0.3, -0.25) is 0 Å². The summed E-state index contributed by atoms with van der Waals surface area (Å²) in [6.45, 7) is 6.52. The molecule has 5 heteroatoms. The van der Waals surface area contributed by atoms with Gasteiger partial charge in [0.15, 0.2) is 0 Å². The van der Waals surface area contributed by atoms with Crippen LogP contribution in [0.2, 0.25) is 0 Å². The molecule has 1 N–H and O–H groups in total. The van der Waals surface area contributed by atoms with Crippen LogP contribution in [0.1, 0.15) is 25.3 Å². The second-order valence-electron chi connectivity index (χ2n) is 4.74. The van der Waals surface area contributed by atoms with Crippen LogP contribution in [-0.2, 0) is 16.0 Å². The van der Waals surface area contributed by atoms with Crippen molar-refractivity contribution in [3.05, 3.63) is 28.2 Å². The Morgan fingerprint density at radius 3 is 2.76 bits per heavy atom. The summed E-state index contributed by atoms with van der Waals surface area (Å²) in [5, 5.41) is 3.33. The van der Waals surface area contributed by atoms with E-state index in [-0.39, 0.29) is 0 Å². The first-order valence-corrected chi connectivity index (χ1v) is 8.25. The first-order chi connectivity index (χ1) is 10.3. The molecule has 1 rings (SSSR count). The molecule has 1 aromatic carbocycles. The van der Waals surface area contributed by atoms with Gasteiger partial charge in [-0.15, -0.1) is 0 Å². The Morgan fingerprint density at radius 1 is 1.14 bits per heavy atom. The third-order valence-corrected chi connectivity index (χ3v) is 3.73. The molecule has 21 heavy (non-hydrogen) atoms. The van der Waals surface area contributed by atoms with Gasteiger partial charge in [0, 0.05) is 31.3 Å². The zero-order valence-corrected chi connectivity index (χ0v) is 14.6. The number of hydrogen-bond acceptors (Lipinski definition) is 4. The summed E-state index contributed by atoms with van der Waals surface area (Å²) in [5.41, 5.74) is 1.18. The number of hydrogen-bond donors (Lipinski definition) is 1. The molecule has 0 heterocycles. The van der Waals surface area contributed by atoms with E-state index >= 15 is 0 Å². The maximum atomic E-state index is 5.71. The molecule has 0 unspecified atom stereocenters. The quantitative estimate of drug-likeness (QED) is 0.580. The van der Waals surface area contributed by atoms with Crippen LogP contribution >= 0.6 is 15.9 Å². The maximum Gasteiger partial charge on any atom is 0.119 e. The largest absolute Gasteiger partial charge is 0.491 e. The molecule has 0 fully saturated rings. The van der Waals surface area contributed by atoms with Gasteiger partial charge in [0.1, 0.15) is 12.4 Å². The van der Waals surface area contributed by atoms with Crippen LogP contribution in [0.25, 0.3) is 0 Å². The Kier molecular flexibility index (Phi) is 10.5. The molecule has 0 radical (unpaired) electrons. The standard InChI is InChI=1S/C16H26BrNO3/c1-3-4-8-20-10-11-21-15-5-6-16(17)14(12-15)13-18-7-9-19-2/h5-6,12,18H,3-4,7-11,13H2,1-2H3. The van der Waals surface area contributed by atoms with Gasteiger partial charge in [-0.1, -0.05) is 29.3 Å². The predicted octanol–water partition coefficient (Wildman–Crippen LogP) is 3.38. The van der Waals surface area contributed by atoms with Gasteiger partial charge in [0.05, 0.1) is 13.2 Å². The van der Waals surface area contributed by atoms with Crippen LogP contribution in [0.5, 0.6) is 5.75 Å². The Bertz CT molecular complexity index is 388. The van der Waals surface area contributed by atoms with E-state index in [2.05, 4.69) is 34.2 Å². The summed E-state index contributed by atoms with van der Waals surface area (Å²) < 4.78 is 17.3. The van der Waals surface area contributed by atoms with Crippen LogP contribution in [0.15, 0.2) is 22.7 Å². The summed E-state index contributed by atoms with van der Waals surface area (Å²) in [7, 11) is 1.70. The molecule has 0 bridgehead atoms. The summed E-state index contributed by atoms with van der Waals surface area (Å²) in [5.74, 6) is 0.876. The van der Waals surface area contributed by atoms with Crippen LogP contribution in [0.3, 0.4) is 0 Å². The number of ether oxygens (including phenoxy) is 3. The van der Waals surface area contributed by atoms with Crippen LogP contribution in [-0.4, -0.2) is 40.1 Å². The molecule has 0 saturated carbocycles. The number of methoxy groups -OCH3 is 1. The van der Waals surface area contributed by atoms with Crippen molar-refractivity contribution in [2.75, 3.05) is 40.1 Å². The highest BCUT2D eigenvalue weighted by Gasteiger charge is 2.02. The fourth-order valence-electron chi connectivity index (χ4n) is 1.74. The third-order valence-electron chi connectivity index (χ3n) is 2.95. The van der Waals surface area contributed by atoms with Crippen molar-refractivity contribution in [2.45, 2.75) is 26.3 Å². The highest BCUT2D eigenvalue weighted by molar-refractivity contribution is 9.10. The van der Waals surface area contributed by atoms with E-state index in [0.29, 0.717) is 19.8 Å². The van der Waals surface area contributed by atoms with Crippen molar-refractivity contribution in [3.63, 3.8) is 0 Å². The van der Waals surface area contributed by atoms with Crippen molar-refractivity contribution in [1.82, 2.24) is 5.32 Å². The lowest BCUT2D eigenvalue weighted by atomic mass is 10.2. The fraction of sp³-hybridized carbons (Fsp3) is 0.625. The van der Waals surface area contributed by atoms with Gasteiger partial charge in [-0.2, -0.15) is 0 Å². The molecule has 0 atom stereocenters. The van der Waals surface area contributed by atoms with Crippen molar-refractivity contribution < 1.29 is 14.2 Å². The SMILES string of the molecule is CCCCOCCOc1ccc(Br)c(CNCCOC)c1. The third kappa shape index (κ3) is 8.41. The number of benzene rings is 1. The maximum absolute atomic E-state index is 5.71. The molecule has 0 aliphatic carbocycles. The molecule has 0 aromatic heterocycles. The summed E-state index contributed by atoms with van der Waals surface area (Å²) in [4.78, 5) is 0. The van der Waals surface area contributed by atoms with Crippen LogP contribution in [0.4, 0.5) is 0 Å². The molecule has 4 nitrogen and oxygen atoms in total. The topological polar surface area (TPSA) is 39.7 Å². The number of rotatable bonds is 12. The van der Waals surface area contributed by atoms with E-state index in [0.717, 1.165) is 42.8 Å². The Labute approximate surface area is 136 Å². The molecule has 120 valence electrons. The summed E-state index contributed by atoms with van der Waals surface area (Å²) in [6.07, 6.45) is 2.27. The van der Waals surface area contributed by atoms with Crippen LogP contribution in [0, 0.1) is 0 Å². The molecule has 0 amide bonds. The fourth-order valence-corrected chi connectivity index (χ4v) is 2.13. The molecule has 0 saturated heterocycles. The normalized spacial score (nSPS) is 10.8. The second kappa shape index (κ2) is 12.0. The van der Waals surface area contributed by atoms with Gasteiger partial charge >= 0.3 is 0 Å². The Hall–Kier alpha value is -0.620. The molecule has 0 spiro atoms. The minimum atomic E-state index is 0.585. The first-order valence-electron chi connectivity index (χ1n) is 7.46. The van der Waals surface area contributed by atoms with Crippen molar-refractivity contribution >= 4 is 15.9 Å². The van der Waals surface area contributed by atoms with Gasteiger partial charge < -0.3 is 19.5 Å². The zero-order valence-electron chi connectivity index (χ0n) is 13.0. The van der Waals surface area contributed by atoms with E-state index < -0.39 is 0 Å². The summed E-state index contributed by atoms with van der Waals surface area (Å²) in [6, 6.07) is 6.03. The van der Waals surface area contributed by atoms with E-state index in [1.807, 2.05) is 12.1 Å². The number of nitrogens with one attached hydrogen (secondary N) is 1. The molecule has 0 aliphatic heterocycles. The minimum absolute atomic E-state index is 0.585. The van der Waals surface area contributed by atoms with Gasteiger partial charge in [0.25, 0.3) is 0 Å². The van der Waals surface area contributed by atoms with E-state index in [1.54, 1.807) is 7.11 Å². The molecule has 0 aliphatic rings. The van der Waals surface area contributed by atoms with Crippen molar-refractivity contribution in [2.24, 2.45) is 0 Å². The van der Waals surface area contributed by atoms with Gasteiger partial charge in [-0.25, -0.2) is 0 Å². The van der Waals surface area contributed by atoms with Crippen LogP contribution < -0.4 is 10.1 Å². The Balaban J connectivity index is 2.31. The summed E-state index contributed by atoms with van der Waals surface area (Å²) >= 11 is 3.56. The van der Waals surface area contributed by atoms with Crippen molar-refractivity contribution in [1.29, 1.82) is 0 Å². The molecular formula is C16H26BrNO3. The van der Waals surface area contributed by atoms with E-state index in [1.165, 1.54) is 5.56 Å². The number of halogens is 1. The van der Waals surface area contributed by atoms with Gasteiger partial charge in [0.2, 0.25) is 0 Å². The van der Waals surface area contributed by atoms with E-state index in [9.17, 15) is 0 Å². The number of unbranched alkanes of at least 4 members (excludes halogenated alkanes) is 1. The predicted molar refractivity (Wildman–Crippen MR) is 88.9 cm³/mol. The monoisotopic (exact) mass is 359 g/mol. The second-order valence-corrected chi connectivity index (χ2v) is 5.59. The molecule has 1 aromatic rings. The average molecular weight is 360 g/mol. The Morgan fingerprint density at radius 2 is 2.00 bits per heavy atom. The smallest absolute Gasteiger partial charge is 0.119 e. The lowest BCUT2D eigenvalue weighted by Gasteiger charge is -2.11. The van der Waals surface area contributed by atoms with Crippen molar-refractivity contribution in [3.8, 4) is 5.75 Å². The zero-order chi connectivity index (χ0) is 15.3. The highest BCUT2D eigenvalue weighted by Crippen LogP contribution is 2.22. The lowest BCUT2D eigenvalue weighted by Crippen LogP contribution is -2.18. The first kappa shape index (κ1) is 18.4. The van der Waals surface area contributed by atoms with Gasteiger partial charge in [-0.05, 0) is 30.2 Å².